The van der Waals surface area contributed by atoms with Crippen LogP contribution in [0, 0.1) is 0 Å². The Morgan fingerprint density at radius 3 is 3.08 bits per heavy atom. The van der Waals surface area contributed by atoms with Crippen molar-refractivity contribution in [3.05, 3.63) is 31.0 Å². The summed E-state index contributed by atoms with van der Waals surface area (Å²) in [5, 5.41) is 3.98. The monoisotopic (exact) mass is 176 g/mol. The molecule has 0 aliphatic carbocycles. The van der Waals surface area contributed by atoms with E-state index in [0.29, 0.717) is 5.88 Å². The Morgan fingerprint density at radius 2 is 2.38 bits per heavy atom. The van der Waals surface area contributed by atoms with Crippen LogP contribution >= 0.6 is 0 Å². The molecule has 2 rings (SSSR count). The molecule has 2 aromatic heterocycles. The Labute approximate surface area is 75.0 Å². The molecule has 0 saturated heterocycles. The Bertz CT molecular complexity index is 385. The summed E-state index contributed by atoms with van der Waals surface area (Å²) in [6, 6.07) is 3.62. The molecule has 13 heavy (non-hydrogen) atoms. The average Bonchev–Trinajstić information content (AvgIpc) is 2.71. The van der Waals surface area contributed by atoms with Gasteiger partial charge < -0.3 is 4.74 Å². The van der Waals surface area contributed by atoms with Gasteiger partial charge in [0.05, 0.1) is 12.8 Å². The fourth-order valence-electron chi connectivity index (χ4n) is 0.995. The Balaban J connectivity index is 2.41. The number of pyridine rings is 1. The van der Waals surface area contributed by atoms with E-state index in [2.05, 4.69) is 15.1 Å². The lowest BCUT2D eigenvalue weighted by Crippen LogP contribution is -1.95. The minimum atomic E-state index is 0.563. The van der Waals surface area contributed by atoms with Crippen LogP contribution in [0.25, 0.3) is 5.69 Å². The Morgan fingerprint density at radius 1 is 1.46 bits per heavy atom. The maximum atomic E-state index is 4.98. The third-order valence-corrected chi connectivity index (χ3v) is 1.61. The highest BCUT2D eigenvalue weighted by Crippen LogP contribution is 2.10. The van der Waals surface area contributed by atoms with Crippen molar-refractivity contribution in [2.75, 3.05) is 7.11 Å². The zero-order valence-electron chi connectivity index (χ0n) is 7.08. The second kappa shape index (κ2) is 3.22. The molecule has 0 aromatic carbocycles. The van der Waals surface area contributed by atoms with Crippen LogP contribution in [0.1, 0.15) is 0 Å². The lowest BCUT2D eigenvalue weighted by Gasteiger charge is -2.01. The van der Waals surface area contributed by atoms with E-state index < -0.39 is 0 Å². The highest BCUT2D eigenvalue weighted by atomic mass is 16.5. The number of methoxy groups -OCH3 is 1. The van der Waals surface area contributed by atoms with Gasteiger partial charge in [0.15, 0.2) is 0 Å². The molecule has 2 aromatic rings. The van der Waals surface area contributed by atoms with E-state index >= 15 is 0 Å². The second-order valence-corrected chi connectivity index (χ2v) is 2.40. The number of rotatable bonds is 2. The summed E-state index contributed by atoms with van der Waals surface area (Å²) in [6.45, 7) is 0. The normalized spacial score (nSPS) is 9.92. The number of ether oxygens (including phenoxy) is 1. The lowest BCUT2D eigenvalue weighted by molar-refractivity contribution is 0.397. The van der Waals surface area contributed by atoms with Gasteiger partial charge in [-0.05, 0) is 6.07 Å². The molecule has 2 heterocycles. The van der Waals surface area contributed by atoms with Crippen LogP contribution in [0.5, 0.6) is 5.88 Å². The maximum Gasteiger partial charge on any atom is 0.215 e. The van der Waals surface area contributed by atoms with Crippen molar-refractivity contribution in [3.63, 3.8) is 0 Å². The summed E-state index contributed by atoms with van der Waals surface area (Å²) in [5.74, 6) is 0.563. The molecule has 0 unspecified atom stereocenters. The van der Waals surface area contributed by atoms with Crippen LogP contribution in [-0.2, 0) is 0 Å². The van der Waals surface area contributed by atoms with Crippen LogP contribution < -0.4 is 4.74 Å². The fraction of sp³-hybridized carbons (Fsp3) is 0.125. The van der Waals surface area contributed by atoms with Gasteiger partial charge in [0.1, 0.15) is 12.7 Å². The predicted octanol–water partition coefficient (Wildman–Crippen LogP) is 0.671. The average molecular weight is 176 g/mol. The highest BCUT2D eigenvalue weighted by Gasteiger charge is 1.98. The first-order chi connectivity index (χ1) is 6.40. The quantitative estimate of drug-likeness (QED) is 0.674. The van der Waals surface area contributed by atoms with Gasteiger partial charge in [-0.25, -0.2) is 14.6 Å². The van der Waals surface area contributed by atoms with Gasteiger partial charge in [0.25, 0.3) is 0 Å². The van der Waals surface area contributed by atoms with Crippen molar-refractivity contribution in [1.29, 1.82) is 0 Å². The van der Waals surface area contributed by atoms with Gasteiger partial charge in [-0.15, -0.1) is 0 Å². The molecular formula is C8H8N4O. The molecule has 0 aliphatic rings. The summed E-state index contributed by atoms with van der Waals surface area (Å²) in [6.07, 6.45) is 4.76. The minimum Gasteiger partial charge on any atom is -0.481 e. The van der Waals surface area contributed by atoms with E-state index in [4.69, 9.17) is 4.74 Å². The van der Waals surface area contributed by atoms with Crippen LogP contribution in [-0.4, -0.2) is 26.9 Å². The van der Waals surface area contributed by atoms with Gasteiger partial charge in [-0.1, -0.05) is 0 Å². The van der Waals surface area contributed by atoms with Crippen molar-refractivity contribution in [2.24, 2.45) is 0 Å². The third-order valence-electron chi connectivity index (χ3n) is 1.61. The molecule has 0 amide bonds. The van der Waals surface area contributed by atoms with E-state index in [1.54, 1.807) is 30.4 Å². The van der Waals surface area contributed by atoms with Crippen LogP contribution in [0.15, 0.2) is 31.0 Å². The lowest BCUT2D eigenvalue weighted by atomic mass is 10.4. The number of hydrogen-bond acceptors (Lipinski definition) is 4. The van der Waals surface area contributed by atoms with Crippen molar-refractivity contribution < 1.29 is 4.74 Å². The van der Waals surface area contributed by atoms with Gasteiger partial charge >= 0.3 is 0 Å². The van der Waals surface area contributed by atoms with Crippen molar-refractivity contribution in [1.82, 2.24) is 19.7 Å². The van der Waals surface area contributed by atoms with Gasteiger partial charge in [-0.2, -0.15) is 5.10 Å². The zero-order valence-corrected chi connectivity index (χ0v) is 7.08. The molecule has 0 radical (unpaired) electrons. The number of nitrogens with zero attached hydrogens (tertiary/aromatic N) is 4. The molecule has 0 saturated carbocycles. The summed E-state index contributed by atoms with van der Waals surface area (Å²) < 4.78 is 6.62. The number of hydrogen-bond donors (Lipinski definition) is 0. The molecule has 5 heteroatoms. The maximum absolute atomic E-state index is 4.98. The van der Waals surface area contributed by atoms with Crippen molar-refractivity contribution >= 4 is 0 Å². The summed E-state index contributed by atoms with van der Waals surface area (Å²) >= 11 is 0. The SMILES string of the molecule is COc1cc(-n2cncn2)ccn1. The summed E-state index contributed by atoms with van der Waals surface area (Å²) in [7, 11) is 1.58. The van der Waals surface area contributed by atoms with E-state index in [1.165, 1.54) is 6.33 Å². The first-order valence-corrected chi connectivity index (χ1v) is 3.75. The Kier molecular flexibility index (Phi) is 1.91. The number of aromatic nitrogens is 4. The molecule has 0 bridgehead atoms. The smallest absolute Gasteiger partial charge is 0.215 e. The standard InChI is InChI=1S/C8H8N4O/c1-13-8-4-7(2-3-10-8)12-6-9-5-11-12/h2-6H,1H3. The molecule has 0 spiro atoms. The largest absolute Gasteiger partial charge is 0.481 e. The van der Waals surface area contributed by atoms with Crippen LogP contribution in [0.2, 0.25) is 0 Å². The molecule has 0 N–H and O–H groups in total. The summed E-state index contributed by atoms with van der Waals surface area (Å²) in [5.41, 5.74) is 0.879. The molecule has 0 aliphatic heterocycles. The minimum absolute atomic E-state index is 0.563. The van der Waals surface area contributed by atoms with Gasteiger partial charge in [0.2, 0.25) is 5.88 Å². The van der Waals surface area contributed by atoms with Crippen LogP contribution in [0.3, 0.4) is 0 Å². The highest BCUT2D eigenvalue weighted by molar-refractivity contribution is 5.32. The molecule has 0 fully saturated rings. The van der Waals surface area contributed by atoms with Crippen molar-refractivity contribution in [2.45, 2.75) is 0 Å². The molecule has 0 atom stereocenters. The molecule has 5 nitrogen and oxygen atoms in total. The first-order valence-electron chi connectivity index (χ1n) is 3.75. The van der Waals surface area contributed by atoms with E-state index in [9.17, 15) is 0 Å². The second-order valence-electron chi connectivity index (χ2n) is 2.40. The third kappa shape index (κ3) is 1.48. The molecule has 66 valence electrons. The topological polar surface area (TPSA) is 52.8 Å². The summed E-state index contributed by atoms with van der Waals surface area (Å²) in [4.78, 5) is 7.83. The fourth-order valence-corrected chi connectivity index (χ4v) is 0.995. The van der Waals surface area contributed by atoms with E-state index in [-0.39, 0.29) is 0 Å². The van der Waals surface area contributed by atoms with E-state index in [1.807, 2.05) is 6.07 Å². The Hall–Kier alpha value is -1.91. The zero-order chi connectivity index (χ0) is 9.10. The van der Waals surface area contributed by atoms with Crippen molar-refractivity contribution in [3.8, 4) is 11.6 Å². The van der Waals surface area contributed by atoms with E-state index in [0.717, 1.165) is 5.69 Å². The predicted molar refractivity (Wildman–Crippen MR) is 45.7 cm³/mol. The molecular weight excluding hydrogens is 168 g/mol. The van der Waals surface area contributed by atoms with Crippen LogP contribution in [0.4, 0.5) is 0 Å². The first kappa shape index (κ1) is 7.72. The van der Waals surface area contributed by atoms with Gasteiger partial charge in [0, 0.05) is 12.3 Å². The van der Waals surface area contributed by atoms with Gasteiger partial charge in [-0.3, -0.25) is 0 Å².